The van der Waals surface area contributed by atoms with Crippen LogP contribution in [0.4, 0.5) is 5.69 Å². The molecule has 1 atom stereocenters. The highest BCUT2D eigenvalue weighted by Crippen LogP contribution is 2.42. The van der Waals surface area contributed by atoms with Crippen molar-refractivity contribution in [2.75, 3.05) is 33.3 Å². The average Bonchev–Trinajstić information content (AvgIpc) is 2.99. The van der Waals surface area contributed by atoms with Gasteiger partial charge in [-0.1, -0.05) is 54.1 Å². The second-order valence-electron chi connectivity index (χ2n) is 9.16. The van der Waals surface area contributed by atoms with Crippen molar-refractivity contribution in [1.82, 2.24) is 0 Å². The first kappa shape index (κ1) is 28.6. The van der Waals surface area contributed by atoms with E-state index in [9.17, 15) is 9.59 Å². The van der Waals surface area contributed by atoms with Crippen LogP contribution in [0.5, 0.6) is 23.0 Å². The molecule has 0 aromatic heterocycles. The Kier molecular flexibility index (Phi) is 8.70. The molecule has 3 aromatic rings. The lowest BCUT2D eigenvalue weighted by molar-refractivity contribution is -0.122. The predicted octanol–water partition coefficient (Wildman–Crippen LogP) is 5.22. The highest BCUT2D eigenvalue weighted by Gasteiger charge is 2.38. The summed E-state index contributed by atoms with van der Waals surface area (Å²) in [5.74, 6) is 1.14. The van der Waals surface area contributed by atoms with Crippen LogP contribution in [0.25, 0.3) is 0 Å². The van der Waals surface area contributed by atoms with Gasteiger partial charge in [0, 0.05) is 22.7 Å². The lowest BCUT2D eigenvalue weighted by Crippen LogP contribution is -2.41. The van der Waals surface area contributed by atoms with Crippen LogP contribution in [0, 0.1) is 0 Å². The van der Waals surface area contributed by atoms with E-state index in [2.05, 4.69) is 0 Å². The summed E-state index contributed by atoms with van der Waals surface area (Å²) in [6.45, 7) is 0.241. The van der Waals surface area contributed by atoms with Crippen LogP contribution in [0.15, 0.2) is 84.5 Å². The van der Waals surface area contributed by atoms with Crippen molar-refractivity contribution in [3.63, 3.8) is 0 Å². The van der Waals surface area contributed by atoms with Crippen LogP contribution in [0.3, 0.4) is 0 Å². The fourth-order valence-electron chi connectivity index (χ4n) is 4.66. The molecule has 8 nitrogen and oxygen atoms in total. The topological polar surface area (TPSA) is 100 Å². The molecule has 1 aliphatic rings. The van der Waals surface area contributed by atoms with Crippen molar-refractivity contribution in [1.29, 1.82) is 0 Å². The first-order valence-corrected chi connectivity index (χ1v) is 12.8. The summed E-state index contributed by atoms with van der Waals surface area (Å²) in [7, 11) is 6.15. The first-order chi connectivity index (χ1) is 19.3. The number of halogens is 1. The minimum Gasteiger partial charge on any atom is -0.497 e. The van der Waals surface area contributed by atoms with E-state index in [0.29, 0.717) is 44.8 Å². The number of anilines is 1. The predicted molar refractivity (Wildman–Crippen MR) is 154 cm³/mol. The molecule has 4 rings (SSSR count). The average molecular weight is 563 g/mol. The van der Waals surface area contributed by atoms with Crippen molar-refractivity contribution < 1.29 is 28.5 Å². The summed E-state index contributed by atoms with van der Waals surface area (Å²) in [6.07, 6.45) is 5.28. The molecular formula is C31H31ClN2O6. The highest BCUT2D eigenvalue weighted by molar-refractivity contribution is 6.30. The number of rotatable bonds is 10. The van der Waals surface area contributed by atoms with Gasteiger partial charge in [0.2, 0.25) is 11.7 Å². The van der Waals surface area contributed by atoms with E-state index in [4.69, 9.17) is 36.3 Å². The maximum absolute atomic E-state index is 14.1. The lowest BCUT2D eigenvalue weighted by Gasteiger charge is -2.31. The number of nitrogens with zero attached hydrogens (tertiary/aromatic N) is 1. The molecule has 2 amide bonds. The van der Waals surface area contributed by atoms with E-state index in [-0.39, 0.29) is 18.9 Å². The zero-order valence-corrected chi connectivity index (χ0v) is 23.5. The number of carbonyl (C=O) groups excluding carboxylic acids is 2. The van der Waals surface area contributed by atoms with Crippen LogP contribution >= 0.6 is 11.6 Å². The van der Waals surface area contributed by atoms with E-state index >= 15 is 0 Å². The Balaban J connectivity index is 1.74. The molecule has 0 bridgehead atoms. The molecular weight excluding hydrogens is 532 g/mol. The number of amides is 2. The maximum Gasteiger partial charge on any atom is 0.258 e. The third kappa shape index (κ3) is 5.62. The monoisotopic (exact) mass is 562 g/mol. The van der Waals surface area contributed by atoms with Crippen LogP contribution in [-0.2, 0) is 21.5 Å². The van der Waals surface area contributed by atoms with Crippen molar-refractivity contribution in [3.8, 4) is 23.0 Å². The second kappa shape index (κ2) is 12.2. The van der Waals surface area contributed by atoms with E-state index in [1.165, 1.54) is 21.3 Å². The summed E-state index contributed by atoms with van der Waals surface area (Å²) in [6, 6.07) is 17.8. The van der Waals surface area contributed by atoms with Crippen molar-refractivity contribution in [3.05, 3.63) is 101 Å². The van der Waals surface area contributed by atoms with Gasteiger partial charge in [0.05, 0.1) is 46.1 Å². The Morgan fingerprint density at radius 3 is 2.00 bits per heavy atom. The normalized spacial score (nSPS) is 16.1. The molecule has 1 aliphatic carbocycles. The quantitative estimate of drug-likeness (QED) is 0.364. The van der Waals surface area contributed by atoms with Gasteiger partial charge in [-0.3, -0.25) is 9.59 Å². The van der Waals surface area contributed by atoms with Crippen LogP contribution in [-0.4, -0.2) is 40.3 Å². The largest absolute Gasteiger partial charge is 0.497 e. The number of hydrogen-bond donors (Lipinski definition) is 1. The van der Waals surface area contributed by atoms with Gasteiger partial charge in [0.15, 0.2) is 11.5 Å². The van der Waals surface area contributed by atoms with Crippen LogP contribution in [0.2, 0.25) is 5.02 Å². The van der Waals surface area contributed by atoms with Crippen molar-refractivity contribution >= 4 is 29.1 Å². The third-order valence-electron chi connectivity index (χ3n) is 6.94. The minimum atomic E-state index is -1.10. The standard InChI is InChI=1S/C31H31ClN2O6/c1-37-25-11-5-20(6-12-25)19-34(24-17-26(38-2)28(40-4)27(18-24)39-3)29(35)21-13-15-31(16-14-21,30(33)36)22-7-9-23(32)10-8-22/h5-15,17-18H,16,19H2,1-4H3,(H2,33,36). The van der Waals surface area contributed by atoms with Gasteiger partial charge in [-0.05, 0) is 41.8 Å². The van der Waals surface area contributed by atoms with Gasteiger partial charge in [-0.15, -0.1) is 0 Å². The third-order valence-corrected chi connectivity index (χ3v) is 7.20. The Labute approximate surface area is 238 Å². The van der Waals surface area contributed by atoms with Gasteiger partial charge in [-0.25, -0.2) is 0 Å². The van der Waals surface area contributed by atoms with Crippen LogP contribution in [0.1, 0.15) is 17.5 Å². The van der Waals surface area contributed by atoms with Crippen LogP contribution < -0.4 is 29.6 Å². The van der Waals surface area contributed by atoms with Gasteiger partial charge >= 0.3 is 0 Å². The summed E-state index contributed by atoms with van der Waals surface area (Å²) >= 11 is 6.05. The summed E-state index contributed by atoms with van der Waals surface area (Å²) in [5, 5.41) is 0.550. The number of ether oxygens (including phenoxy) is 4. The van der Waals surface area contributed by atoms with E-state index in [1.807, 2.05) is 24.3 Å². The Bertz CT molecular complexity index is 1420. The molecule has 0 radical (unpaired) electrons. The highest BCUT2D eigenvalue weighted by atomic mass is 35.5. The smallest absolute Gasteiger partial charge is 0.258 e. The molecule has 0 saturated carbocycles. The number of benzene rings is 3. The molecule has 1 unspecified atom stereocenters. The molecule has 0 spiro atoms. The number of allylic oxidation sites excluding steroid dienone is 1. The zero-order valence-electron chi connectivity index (χ0n) is 22.8. The molecule has 0 aliphatic heterocycles. The Hall–Kier alpha value is -4.43. The summed E-state index contributed by atoms with van der Waals surface area (Å²) < 4.78 is 21.8. The minimum absolute atomic E-state index is 0.215. The lowest BCUT2D eigenvalue weighted by atomic mass is 9.73. The maximum atomic E-state index is 14.1. The molecule has 3 aromatic carbocycles. The number of nitrogens with two attached hydrogens (primary N) is 1. The van der Waals surface area contributed by atoms with Gasteiger partial charge in [0.1, 0.15) is 5.75 Å². The van der Waals surface area contributed by atoms with Crippen molar-refractivity contribution in [2.45, 2.75) is 18.4 Å². The van der Waals surface area contributed by atoms with E-state index in [1.54, 1.807) is 66.6 Å². The van der Waals surface area contributed by atoms with Crippen molar-refractivity contribution in [2.24, 2.45) is 5.73 Å². The Morgan fingerprint density at radius 1 is 0.900 bits per heavy atom. The molecule has 2 N–H and O–H groups in total. The Morgan fingerprint density at radius 2 is 1.52 bits per heavy atom. The van der Waals surface area contributed by atoms with Gasteiger partial charge in [-0.2, -0.15) is 0 Å². The fourth-order valence-corrected chi connectivity index (χ4v) is 4.78. The number of primary amides is 1. The first-order valence-electron chi connectivity index (χ1n) is 12.5. The molecule has 0 heterocycles. The fraction of sp³-hybridized carbons (Fsp3) is 0.226. The van der Waals surface area contributed by atoms with Gasteiger partial charge in [0.25, 0.3) is 5.91 Å². The van der Waals surface area contributed by atoms with E-state index < -0.39 is 11.3 Å². The summed E-state index contributed by atoms with van der Waals surface area (Å²) in [5.41, 5.74) is 7.28. The SMILES string of the molecule is COc1ccc(CN(C(=O)C2=CCC(C(N)=O)(c3ccc(Cl)cc3)C=C2)c2cc(OC)c(OC)c(OC)c2)cc1. The second-order valence-corrected chi connectivity index (χ2v) is 9.60. The number of carbonyl (C=O) groups is 2. The summed E-state index contributed by atoms with van der Waals surface area (Å²) in [4.78, 5) is 28.3. The van der Waals surface area contributed by atoms with E-state index in [0.717, 1.165) is 5.56 Å². The molecule has 0 fully saturated rings. The van der Waals surface area contributed by atoms with Gasteiger partial charge < -0.3 is 29.6 Å². The molecule has 9 heteroatoms. The number of methoxy groups -OCH3 is 4. The molecule has 40 heavy (non-hydrogen) atoms. The zero-order chi connectivity index (χ0) is 28.9. The molecule has 0 saturated heterocycles. The molecule has 208 valence electrons. The number of hydrogen-bond acceptors (Lipinski definition) is 6.